The molecule has 2 N–H and O–H groups in total. The molecule has 0 bridgehead atoms. The third-order valence-corrected chi connectivity index (χ3v) is 3.08. The summed E-state index contributed by atoms with van der Waals surface area (Å²) < 4.78 is 1.81. The van der Waals surface area contributed by atoms with E-state index in [1.807, 2.05) is 12.1 Å². The monoisotopic (exact) mass is 268 g/mol. The van der Waals surface area contributed by atoms with Crippen LogP contribution in [0.2, 0.25) is 5.02 Å². The van der Waals surface area contributed by atoms with Crippen LogP contribution in [0.4, 0.5) is 5.69 Å². The molecule has 5 heteroatoms. The zero-order valence-corrected chi connectivity index (χ0v) is 10.6. The van der Waals surface area contributed by atoms with E-state index >= 15 is 0 Å². The molecular formula is C14H9ClN4. The fraction of sp³-hybridized carbons (Fsp3) is 0. The largest absolute Gasteiger partial charge is 0.398 e. The van der Waals surface area contributed by atoms with E-state index in [0.717, 1.165) is 11.1 Å². The Morgan fingerprint density at radius 3 is 2.84 bits per heavy atom. The molecule has 0 amide bonds. The van der Waals surface area contributed by atoms with Crippen molar-refractivity contribution in [3.63, 3.8) is 0 Å². The van der Waals surface area contributed by atoms with Crippen LogP contribution in [-0.4, -0.2) is 9.38 Å². The summed E-state index contributed by atoms with van der Waals surface area (Å²) in [6.45, 7) is 0. The van der Waals surface area contributed by atoms with E-state index in [9.17, 15) is 0 Å². The Morgan fingerprint density at radius 1 is 1.26 bits per heavy atom. The highest BCUT2D eigenvalue weighted by Gasteiger charge is 2.12. The van der Waals surface area contributed by atoms with Crippen molar-refractivity contribution in [2.24, 2.45) is 0 Å². The number of anilines is 1. The van der Waals surface area contributed by atoms with Gasteiger partial charge < -0.3 is 5.73 Å². The second kappa shape index (κ2) is 4.30. The predicted molar refractivity (Wildman–Crippen MR) is 74.8 cm³/mol. The van der Waals surface area contributed by atoms with E-state index in [4.69, 9.17) is 22.6 Å². The first-order chi connectivity index (χ1) is 9.19. The summed E-state index contributed by atoms with van der Waals surface area (Å²) in [5.74, 6) is 0.654. The predicted octanol–water partition coefficient (Wildman–Crippen LogP) is 3.11. The van der Waals surface area contributed by atoms with Gasteiger partial charge in [-0.15, -0.1) is 0 Å². The highest BCUT2D eigenvalue weighted by atomic mass is 35.5. The van der Waals surface area contributed by atoms with Gasteiger partial charge in [-0.3, -0.25) is 4.40 Å². The van der Waals surface area contributed by atoms with E-state index in [1.54, 1.807) is 34.9 Å². The Morgan fingerprint density at radius 2 is 2.11 bits per heavy atom. The van der Waals surface area contributed by atoms with Gasteiger partial charge >= 0.3 is 0 Å². The fourth-order valence-electron chi connectivity index (χ4n) is 2.02. The standard InChI is InChI=1S/C14H9ClN4/c15-10-3-1-2-9(6-10)14-18-12(7-16)13-5-4-11(17)8-19(13)14/h1-6,8H,17H2. The smallest absolute Gasteiger partial charge is 0.166 e. The first-order valence-electron chi connectivity index (χ1n) is 5.62. The van der Waals surface area contributed by atoms with E-state index in [-0.39, 0.29) is 0 Å². The van der Waals surface area contributed by atoms with Gasteiger partial charge in [-0.05, 0) is 24.3 Å². The van der Waals surface area contributed by atoms with Gasteiger partial charge in [0.2, 0.25) is 0 Å². The van der Waals surface area contributed by atoms with Crippen molar-refractivity contribution in [2.75, 3.05) is 5.73 Å². The maximum atomic E-state index is 9.14. The number of nitrogen functional groups attached to an aromatic ring is 1. The number of rotatable bonds is 1. The Hall–Kier alpha value is -2.51. The molecule has 0 radical (unpaired) electrons. The second-order valence-electron chi connectivity index (χ2n) is 4.12. The SMILES string of the molecule is N#Cc1nc(-c2cccc(Cl)c2)n2cc(N)ccc12. The summed E-state index contributed by atoms with van der Waals surface area (Å²) in [5, 5.41) is 9.76. The van der Waals surface area contributed by atoms with E-state index in [2.05, 4.69) is 11.1 Å². The van der Waals surface area contributed by atoms with E-state index in [1.165, 1.54) is 0 Å². The lowest BCUT2D eigenvalue weighted by Crippen LogP contribution is -1.92. The number of pyridine rings is 1. The average Bonchev–Trinajstić information content (AvgIpc) is 2.76. The number of nitrogens with two attached hydrogens (primary N) is 1. The molecule has 0 saturated heterocycles. The van der Waals surface area contributed by atoms with Gasteiger partial charge in [0, 0.05) is 22.5 Å². The molecule has 0 aliphatic carbocycles. The first kappa shape index (κ1) is 11.6. The number of fused-ring (bicyclic) bond motifs is 1. The molecule has 0 spiro atoms. The van der Waals surface area contributed by atoms with Crippen LogP contribution in [0.15, 0.2) is 42.6 Å². The molecule has 92 valence electrons. The summed E-state index contributed by atoms with van der Waals surface area (Å²) in [4.78, 5) is 4.35. The summed E-state index contributed by atoms with van der Waals surface area (Å²) >= 11 is 5.99. The molecular weight excluding hydrogens is 260 g/mol. The minimum atomic E-state index is 0.370. The Kier molecular flexibility index (Phi) is 2.62. The topological polar surface area (TPSA) is 67.1 Å². The minimum Gasteiger partial charge on any atom is -0.398 e. The van der Waals surface area contributed by atoms with Crippen molar-refractivity contribution < 1.29 is 0 Å². The minimum absolute atomic E-state index is 0.370. The third-order valence-electron chi connectivity index (χ3n) is 2.85. The van der Waals surface area contributed by atoms with Crippen LogP contribution < -0.4 is 5.73 Å². The van der Waals surface area contributed by atoms with Crippen LogP contribution in [0.3, 0.4) is 0 Å². The van der Waals surface area contributed by atoms with Crippen molar-refractivity contribution in [1.29, 1.82) is 5.26 Å². The van der Waals surface area contributed by atoms with Crippen molar-refractivity contribution in [3.05, 3.63) is 53.3 Å². The molecule has 2 heterocycles. The summed E-state index contributed by atoms with van der Waals surface area (Å²) in [5.41, 5.74) is 8.34. The highest BCUT2D eigenvalue weighted by molar-refractivity contribution is 6.30. The van der Waals surface area contributed by atoms with Crippen LogP contribution in [0.5, 0.6) is 0 Å². The maximum Gasteiger partial charge on any atom is 0.166 e. The Bertz CT molecular complexity index is 814. The molecule has 0 aliphatic rings. The van der Waals surface area contributed by atoms with E-state index < -0.39 is 0 Å². The molecule has 1 aromatic carbocycles. The van der Waals surface area contributed by atoms with Gasteiger partial charge in [0.15, 0.2) is 5.69 Å². The zero-order valence-electron chi connectivity index (χ0n) is 9.84. The lowest BCUT2D eigenvalue weighted by molar-refractivity contribution is 1.16. The Balaban J connectivity index is 2.35. The van der Waals surface area contributed by atoms with Crippen LogP contribution in [0.1, 0.15) is 5.69 Å². The molecule has 0 fully saturated rings. The quantitative estimate of drug-likeness (QED) is 0.737. The molecule has 2 aromatic heterocycles. The number of halogens is 1. The highest BCUT2D eigenvalue weighted by Crippen LogP contribution is 2.25. The van der Waals surface area contributed by atoms with Gasteiger partial charge in [-0.1, -0.05) is 23.7 Å². The molecule has 0 unspecified atom stereocenters. The zero-order chi connectivity index (χ0) is 13.4. The molecule has 0 atom stereocenters. The summed E-state index contributed by atoms with van der Waals surface area (Å²) in [6.07, 6.45) is 1.75. The molecule has 4 nitrogen and oxygen atoms in total. The van der Waals surface area contributed by atoms with Gasteiger partial charge in [-0.25, -0.2) is 4.98 Å². The number of aromatic nitrogens is 2. The van der Waals surface area contributed by atoms with Crippen molar-refractivity contribution in [1.82, 2.24) is 9.38 Å². The maximum absolute atomic E-state index is 9.14. The van der Waals surface area contributed by atoms with Gasteiger partial charge in [0.25, 0.3) is 0 Å². The first-order valence-corrected chi connectivity index (χ1v) is 6.00. The van der Waals surface area contributed by atoms with E-state index in [0.29, 0.717) is 22.2 Å². The van der Waals surface area contributed by atoms with Crippen molar-refractivity contribution >= 4 is 22.8 Å². The van der Waals surface area contributed by atoms with Gasteiger partial charge in [0.05, 0.1) is 5.52 Å². The normalized spacial score (nSPS) is 10.5. The molecule has 19 heavy (non-hydrogen) atoms. The average molecular weight is 269 g/mol. The van der Waals surface area contributed by atoms with Crippen LogP contribution in [-0.2, 0) is 0 Å². The lowest BCUT2D eigenvalue weighted by Gasteiger charge is -2.02. The molecule has 3 aromatic rings. The lowest BCUT2D eigenvalue weighted by atomic mass is 10.2. The molecule has 0 aliphatic heterocycles. The van der Waals surface area contributed by atoms with Crippen molar-refractivity contribution in [2.45, 2.75) is 0 Å². The summed E-state index contributed by atoms with van der Waals surface area (Å²) in [6, 6.07) is 13.0. The Labute approximate surface area is 114 Å². The van der Waals surface area contributed by atoms with Crippen molar-refractivity contribution in [3.8, 4) is 17.5 Å². The number of hydrogen-bond donors (Lipinski definition) is 1. The number of hydrogen-bond acceptors (Lipinski definition) is 3. The summed E-state index contributed by atoms with van der Waals surface area (Å²) in [7, 11) is 0. The number of nitriles is 1. The molecule has 0 saturated carbocycles. The number of imidazole rings is 1. The van der Waals surface area contributed by atoms with Crippen LogP contribution in [0.25, 0.3) is 16.9 Å². The number of nitrogens with zero attached hydrogens (tertiary/aromatic N) is 3. The molecule has 3 rings (SSSR count). The third kappa shape index (κ3) is 1.90. The van der Waals surface area contributed by atoms with Crippen LogP contribution in [0, 0.1) is 11.3 Å². The second-order valence-corrected chi connectivity index (χ2v) is 4.56. The number of benzene rings is 1. The fourth-order valence-corrected chi connectivity index (χ4v) is 2.21. The van der Waals surface area contributed by atoms with Gasteiger partial charge in [-0.2, -0.15) is 5.26 Å². The van der Waals surface area contributed by atoms with Gasteiger partial charge in [0.1, 0.15) is 11.9 Å². The van der Waals surface area contributed by atoms with Crippen LogP contribution >= 0.6 is 11.6 Å².